The lowest BCUT2D eigenvalue weighted by molar-refractivity contribution is -0.384. The highest BCUT2D eigenvalue weighted by Gasteiger charge is 2.26. The molecule has 0 fully saturated rings. The number of hydrogen-bond acceptors (Lipinski definition) is 7. The zero-order chi connectivity index (χ0) is 21.6. The molecule has 0 heterocycles. The van der Waals surface area contributed by atoms with Crippen LogP contribution in [0.4, 0.5) is 21.9 Å². The lowest BCUT2D eigenvalue weighted by Crippen LogP contribution is -2.30. The molecule has 1 N–H and O–H groups in total. The minimum Gasteiger partial charge on any atom is -0.494 e. The molecule has 0 saturated heterocycles. The number of benzene rings is 1. The van der Waals surface area contributed by atoms with Crippen molar-refractivity contribution < 1.29 is 24.0 Å². The first kappa shape index (κ1) is 23.2. The molecule has 1 aromatic carbocycles. The Balaban J connectivity index is 3.24. The van der Waals surface area contributed by atoms with Crippen LogP contribution in [-0.2, 0) is 9.53 Å². The van der Waals surface area contributed by atoms with Crippen LogP contribution in [0, 0.1) is 10.1 Å². The number of ether oxygens (including phenoxy) is 2. The molecule has 0 atom stereocenters. The van der Waals surface area contributed by atoms with Crippen molar-refractivity contribution in [2.45, 2.75) is 32.8 Å². The summed E-state index contributed by atoms with van der Waals surface area (Å²) in [5.41, 5.74) is -0.934. The molecule has 156 valence electrons. The number of amides is 2. The number of nitrogens with zero attached hydrogens (tertiary/aromatic N) is 3. The number of carbonyl (C=O) groups is 2. The van der Waals surface area contributed by atoms with E-state index in [2.05, 4.69) is 5.32 Å². The summed E-state index contributed by atoms with van der Waals surface area (Å²) >= 11 is 0. The Morgan fingerprint density at radius 2 is 1.82 bits per heavy atom. The van der Waals surface area contributed by atoms with Gasteiger partial charge in [0.15, 0.2) is 0 Å². The Bertz CT molecular complexity index is 742. The van der Waals surface area contributed by atoms with Crippen molar-refractivity contribution in [1.29, 1.82) is 0 Å². The van der Waals surface area contributed by atoms with Crippen LogP contribution in [0.5, 0.6) is 5.75 Å². The van der Waals surface area contributed by atoms with E-state index in [1.165, 1.54) is 25.1 Å². The van der Waals surface area contributed by atoms with Gasteiger partial charge in [0.1, 0.15) is 17.0 Å². The van der Waals surface area contributed by atoms with Crippen molar-refractivity contribution in [3.05, 3.63) is 22.2 Å². The normalized spacial score (nSPS) is 11.1. The second kappa shape index (κ2) is 9.36. The molecule has 0 aliphatic heterocycles. The number of methoxy groups -OCH3 is 1. The molecule has 0 saturated carbocycles. The van der Waals surface area contributed by atoms with Crippen LogP contribution >= 0.6 is 0 Å². The minimum atomic E-state index is -0.775. The largest absolute Gasteiger partial charge is 0.494 e. The number of anilines is 2. The van der Waals surface area contributed by atoms with Crippen molar-refractivity contribution in [1.82, 2.24) is 4.90 Å². The van der Waals surface area contributed by atoms with E-state index in [0.29, 0.717) is 6.54 Å². The summed E-state index contributed by atoms with van der Waals surface area (Å²) in [5.74, 6) is -0.120. The van der Waals surface area contributed by atoms with Gasteiger partial charge in [0.2, 0.25) is 5.91 Å². The molecule has 0 aliphatic carbocycles. The zero-order valence-electron chi connectivity index (χ0n) is 17.4. The summed E-state index contributed by atoms with van der Waals surface area (Å²) in [6.45, 7) is 5.60. The van der Waals surface area contributed by atoms with Gasteiger partial charge in [-0.05, 0) is 34.9 Å². The van der Waals surface area contributed by atoms with Gasteiger partial charge in [0.05, 0.1) is 17.7 Å². The maximum atomic E-state index is 12.4. The molecule has 0 radical (unpaired) electrons. The SMILES string of the molecule is COc1cc(N(C)C(=O)CCN(C)C)c([N+](=O)[O-])cc1NC(=O)OC(C)(C)C. The molecule has 0 spiro atoms. The molecule has 0 unspecified atom stereocenters. The number of rotatable bonds is 7. The van der Waals surface area contributed by atoms with Crippen molar-refractivity contribution in [2.24, 2.45) is 0 Å². The van der Waals surface area contributed by atoms with Gasteiger partial charge in [-0.25, -0.2) is 4.79 Å². The first-order valence-electron chi connectivity index (χ1n) is 8.63. The fourth-order valence-corrected chi connectivity index (χ4v) is 2.27. The summed E-state index contributed by atoms with van der Waals surface area (Å²) in [6, 6.07) is 2.49. The standard InChI is InChI=1S/C18H28N4O6/c1-18(2,3)28-17(24)19-12-10-14(22(25)26)13(11-15(12)27-7)21(6)16(23)8-9-20(4)5/h10-11H,8-9H2,1-7H3,(H,19,24). The molecular weight excluding hydrogens is 368 g/mol. The van der Waals surface area contributed by atoms with Gasteiger partial charge < -0.3 is 19.3 Å². The highest BCUT2D eigenvalue weighted by molar-refractivity contribution is 5.97. The van der Waals surface area contributed by atoms with Crippen LogP contribution in [0.2, 0.25) is 0 Å². The average molecular weight is 396 g/mol. The second-order valence-electron chi connectivity index (χ2n) is 7.43. The van der Waals surface area contributed by atoms with Gasteiger partial charge in [-0.2, -0.15) is 0 Å². The first-order valence-corrected chi connectivity index (χ1v) is 8.63. The average Bonchev–Trinajstić information content (AvgIpc) is 2.56. The summed E-state index contributed by atoms with van der Waals surface area (Å²) in [4.78, 5) is 38.4. The van der Waals surface area contributed by atoms with Crippen molar-refractivity contribution in [2.75, 3.05) is 45.0 Å². The topological polar surface area (TPSA) is 114 Å². The van der Waals surface area contributed by atoms with Gasteiger partial charge >= 0.3 is 6.09 Å². The summed E-state index contributed by atoms with van der Waals surface area (Å²) in [7, 11) is 6.48. The number of nitro groups is 1. The Morgan fingerprint density at radius 3 is 2.29 bits per heavy atom. The van der Waals surface area contributed by atoms with Crippen LogP contribution < -0.4 is 15.0 Å². The fourth-order valence-electron chi connectivity index (χ4n) is 2.27. The van der Waals surface area contributed by atoms with Crippen LogP contribution in [0.15, 0.2) is 12.1 Å². The minimum absolute atomic E-state index is 0.0698. The summed E-state index contributed by atoms with van der Waals surface area (Å²) in [5, 5.41) is 14.0. The number of hydrogen-bond donors (Lipinski definition) is 1. The molecule has 1 rings (SSSR count). The molecule has 0 aliphatic rings. The van der Waals surface area contributed by atoms with Crippen LogP contribution in [0.1, 0.15) is 27.2 Å². The Kier molecular flexibility index (Phi) is 7.74. The molecule has 10 heteroatoms. The first-order chi connectivity index (χ1) is 12.9. The molecular formula is C18H28N4O6. The molecule has 2 amide bonds. The monoisotopic (exact) mass is 396 g/mol. The third-order valence-corrected chi connectivity index (χ3v) is 3.64. The van der Waals surface area contributed by atoms with E-state index in [0.717, 1.165) is 6.07 Å². The van der Waals surface area contributed by atoms with E-state index in [1.807, 2.05) is 19.0 Å². The number of nitrogens with one attached hydrogen (secondary N) is 1. The second-order valence-corrected chi connectivity index (χ2v) is 7.43. The van der Waals surface area contributed by atoms with Crippen LogP contribution in [0.25, 0.3) is 0 Å². The maximum Gasteiger partial charge on any atom is 0.412 e. The van der Waals surface area contributed by atoms with Gasteiger partial charge in [-0.3, -0.25) is 20.2 Å². The van der Waals surface area contributed by atoms with E-state index in [9.17, 15) is 19.7 Å². The highest BCUT2D eigenvalue weighted by atomic mass is 16.6. The van der Waals surface area contributed by atoms with E-state index < -0.39 is 16.6 Å². The Hall–Kier alpha value is -2.88. The van der Waals surface area contributed by atoms with Crippen molar-refractivity contribution >= 4 is 29.1 Å². The summed E-state index contributed by atoms with van der Waals surface area (Å²) in [6.07, 6.45) is -0.579. The fraction of sp³-hybridized carbons (Fsp3) is 0.556. The predicted molar refractivity (Wildman–Crippen MR) is 106 cm³/mol. The predicted octanol–water partition coefficient (Wildman–Crippen LogP) is 2.86. The van der Waals surface area contributed by atoms with Gasteiger partial charge in [0.25, 0.3) is 5.69 Å². The molecule has 10 nitrogen and oxygen atoms in total. The van der Waals surface area contributed by atoms with E-state index >= 15 is 0 Å². The Morgan fingerprint density at radius 1 is 1.21 bits per heavy atom. The lowest BCUT2D eigenvalue weighted by atomic mass is 10.2. The maximum absolute atomic E-state index is 12.4. The zero-order valence-corrected chi connectivity index (χ0v) is 17.4. The molecule has 0 bridgehead atoms. The van der Waals surface area contributed by atoms with Gasteiger partial charge in [-0.15, -0.1) is 0 Å². The highest BCUT2D eigenvalue weighted by Crippen LogP contribution is 2.38. The molecule has 28 heavy (non-hydrogen) atoms. The van der Waals surface area contributed by atoms with E-state index in [1.54, 1.807) is 20.8 Å². The number of carbonyl (C=O) groups excluding carboxylic acids is 2. The third-order valence-electron chi connectivity index (χ3n) is 3.64. The van der Waals surface area contributed by atoms with Crippen molar-refractivity contribution in [3.63, 3.8) is 0 Å². The van der Waals surface area contributed by atoms with Gasteiger partial charge in [0, 0.05) is 32.1 Å². The van der Waals surface area contributed by atoms with E-state index in [4.69, 9.17) is 9.47 Å². The van der Waals surface area contributed by atoms with Crippen LogP contribution in [0.3, 0.4) is 0 Å². The van der Waals surface area contributed by atoms with Crippen LogP contribution in [-0.4, -0.2) is 62.2 Å². The number of nitro benzene ring substituents is 1. The summed E-state index contributed by atoms with van der Waals surface area (Å²) < 4.78 is 10.4. The molecule has 1 aromatic rings. The van der Waals surface area contributed by atoms with E-state index in [-0.39, 0.29) is 35.1 Å². The quantitative estimate of drug-likeness (QED) is 0.557. The lowest BCUT2D eigenvalue weighted by Gasteiger charge is -2.22. The smallest absolute Gasteiger partial charge is 0.412 e. The Labute approximate surface area is 164 Å². The molecule has 0 aromatic heterocycles. The van der Waals surface area contributed by atoms with Crippen molar-refractivity contribution in [3.8, 4) is 5.75 Å². The van der Waals surface area contributed by atoms with Gasteiger partial charge in [-0.1, -0.05) is 0 Å². The third kappa shape index (κ3) is 6.69.